The van der Waals surface area contributed by atoms with E-state index >= 15 is 0 Å². The van der Waals surface area contributed by atoms with Crippen LogP contribution in [0.1, 0.15) is 46.8 Å². The molecule has 6 heteroatoms. The van der Waals surface area contributed by atoms with Crippen molar-refractivity contribution in [2.24, 2.45) is 0 Å². The number of ether oxygens (including phenoxy) is 2. The van der Waals surface area contributed by atoms with Gasteiger partial charge >= 0.3 is 5.97 Å². The lowest BCUT2D eigenvalue weighted by molar-refractivity contribution is -0.111. The van der Waals surface area contributed by atoms with E-state index in [1.165, 1.54) is 7.11 Å². The molecular weight excluding hydrogens is 322 g/mol. The van der Waals surface area contributed by atoms with Crippen LogP contribution in [0.2, 0.25) is 0 Å². The second kappa shape index (κ2) is 7.04. The first kappa shape index (κ1) is 17.3. The van der Waals surface area contributed by atoms with Crippen molar-refractivity contribution in [1.29, 1.82) is 0 Å². The van der Waals surface area contributed by atoms with Crippen LogP contribution in [0.4, 0.5) is 0 Å². The molecule has 0 saturated carbocycles. The van der Waals surface area contributed by atoms with E-state index in [0.717, 1.165) is 11.1 Å². The first-order valence-corrected chi connectivity index (χ1v) is 7.67. The van der Waals surface area contributed by atoms with Crippen LogP contribution in [0.5, 0.6) is 11.5 Å². The molecule has 0 atom stereocenters. The Morgan fingerprint density at radius 1 is 1.52 bits per heavy atom. The van der Waals surface area contributed by atoms with E-state index in [-0.39, 0.29) is 29.6 Å². The molecule has 1 aromatic rings. The highest BCUT2D eigenvalue weighted by molar-refractivity contribution is 6.63. The fraction of sp³-hybridized carbons (Fsp3) is 0.412. The molecule has 1 N–H and O–H groups in total. The summed E-state index contributed by atoms with van der Waals surface area (Å²) in [7, 11) is 1.53. The molecule has 2 rings (SSSR count). The van der Waals surface area contributed by atoms with Gasteiger partial charge in [0.05, 0.1) is 7.11 Å². The van der Waals surface area contributed by atoms with Crippen LogP contribution >= 0.6 is 11.6 Å². The molecule has 1 aromatic carbocycles. The molecule has 0 fully saturated rings. The number of phenols is 1. The Kier molecular flexibility index (Phi) is 5.31. The highest BCUT2D eigenvalue weighted by Gasteiger charge is 2.31. The van der Waals surface area contributed by atoms with Crippen molar-refractivity contribution in [3.05, 3.63) is 33.9 Å². The lowest BCUT2D eigenvalue weighted by Crippen LogP contribution is -2.03. The van der Waals surface area contributed by atoms with Crippen molar-refractivity contribution >= 4 is 22.8 Å². The number of carbonyl (C=O) groups excluding carboxylic acids is 2. The summed E-state index contributed by atoms with van der Waals surface area (Å²) in [5.41, 5.74) is 3.20. The third kappa shape index (κ3) is 3.50. The average molecular weight is 341 g/mol. The number of hydrogen-bond acceptors (Lipinski definition) is 5. The molecule has 0 spiro atoms. The fourth-order valence-electron chi connectivity index (χ4n) is 2.70. The minimum Gasteiger partial charge on any atom is -0.507 e. The predicted octanol–water partition coefficient (Wildman–Crippen LogP) is 3.41. The van der Waals surface area contributed by atoms with E-state index in [2.05, 4.69) is 0 Å². The predicted molar refractivity (Wildman–Crippen MR) is 86.1 cm³/mol. The quantitative estimate of drug-likeness (QED) is 0.488. The van der Waals surface area contributed by atoms with Gasteiger partial charge in [0.25, 0.3) is 0 Å². The van der Waals surface area contributed by atoms with Crippen molar-refractivity contribution in [2.45, 2.75) is 39.7 Å². The summed E-state index contributed by atoms with van der Waals surface area (Å²) in [5, 5.41) is 10.1. The minimum atomic E-state index is -0.516. The van der Waals surface area contributed by atoms with Crippen molar-refractivity contribution in [3.63, 3.8) is 0 Å². The lowest BCUT2D eigenvalue weighted by Gasteiger charge is -2.15. The molecule has 5 nitrogen and oxygen atoms in total. The Labute approximate surface area is 139 Å². The van der Waals surface area contributed by atoms with Crippen molar-refractivity contribution < 1.29 is 24.2 Å². The Balaban J connectivity index is 2.37. The van der Waals surface area contributed by atoms with Crippen LogP contribution < -0.4 is 4.74 Å². The third-order valence-electron chi connectivity index (χ3n) is 4.02. The summed E-state index contributed by atoms with van der Waals surface area (Å²) in [5.74, 6) is -0.0580. The van der Waals surface area contributed by atoms with Crippen LogP contribution in [0.15, 0.2) is 11.6 Å². The van der Waals surface area contributed by atoms with Gasteiger partial charge < -0.3 is 14.6 Å². The van der Waals surface area contributed by atoms with Crippen LogP contribution in [-0.2, 0) is 22.6 Å². The summed E-state index contributed by atoms with van der Waals surface area (Å²) >= 11 is 5.34. The summed E-state index contributed by atoms with van der Waals surface area (Å²) in [4.78, 5) is 22.6. The molecule has 0 bridgehead atoms. The zero-order chi connectivity index (χ0) is 17.1. The number of allylic oxidation sites excluding steroid dienone is 2. The van der Waals surface area contributed by atoms with Gasteiger partial charge in [0, 0.05) is 17.5 Å². The minimum absolute atomic E-state index is 0.0950. The zero-order valence-corrected chi connectivity index (χ0v) is 14.1. The summed E-state index contributed by atoms with van der Waals surface area (Å²) in [6.07, 6.45) is 3.10. The topological polar surface area (TPSA) is 72.8 Å². The molecule has 0 aliphatic carbocycles. The highest BCUT2D eigenvalue weighted by Crippen LogP contribution is 2.42. The van der Waals surface area contributed by atoms with Crippen molar-refractivity contribution in [1.82, 2.24) is 0 Å². The number of hydrogen-bond donors (Lipinski definition) is 1. The van der Waals surface area contributed by atoms with Gasteiger partial charge in [-0.25, -0.2) is 4.79 Å². The smallest absolute Gasteiger partial charge is 0.342 e. The van der Waals surface area contributed by atoms with Crippen LogP contribution in [0.25, 0.3) is 0 Å². The SMILES string of the molecule is COc1c(C)c2c(c(O)c1C/C=C(\C)CC[14C](=O)Cl)C(=O)OC2. The Morgan fingerprint density at radius 3 is 2.83 bits per heavy atom. The second-order valence-electron chi connectivity index (χ2n) is 5.52. The molecule has 0 radical (unpaired) electrons. The number of aromatic hydroxyl groups is 1. The molecule has 1 heterocycles. The normalized spacial score (nSPS) is 13.7. The molecule has 0 unspecified atom stereocenters. The van der Waals surface area contributed by atoms with Gasteiger partial charge in [-0.15, -0.1) is 0 Å². The molecule has 23 heavy (non-hydrogen) atoms. The largest absolute Gasteiger partial charge is 0.507 e. The van der Waals surface area contributed by atoms with E-state index < -0.39 is 5.97 Å². The van der Waals surface area contributed by atoms with Gasteiger partial charge in [-0.2, -0.15) is 0 Å². The summed E-state index contributed by atoms with van der Waals surface area (Å²) in [6, 6.07) is 0. The summed E-state index contributed by atoms with van der Waals surface area (Å²) in [6.45, 7) is 3.88. The number of carbonyl (C=O) groups is 2. The Hall–Kier alpha value is -2.01. The van der Waals surface area contributed by atoms with Gasteiger partial charge in [0.15, 0.2) is 0 Å². The van der Waals surface area contributed by atoms with Crippen LogP contribution in [0.3, 0.4) is 0 Å². The van der Waals surface area contributed by atoms with E-state index in [4.69, 9.17) is 21.1 Å². The molecule has 1 aliphatic heterocycles. The molecule has 0 amide bonds. The number of fused-ring (bicyclic) bond motifs is 1. The maximum atomic E-state index is 11.8. The third-order valence-corrected chi connectivity index (χ3v) is 4.21. The van der Waals surface area contributed by atoms with Crippen molar-refractivity contribution in [2.75, 3.05) is 7.11 Å². The van der Waals surface area contributed by atoms with Gasteiger partial charge in [0.1, 0.15) is 23.7 Å². The van der Waals surface area contributed by atoms with E-state index in [9.17, 15) is 14.7 Å². The van der Waals surface area contributed by atoms with Crippen LogP contribution in [-0.4, -0.2) is 23.4 Å². The van der Waals surface area contributed by atoms with Crippen molar-refractivity contribution in [3.8, 4) is 11.5 Å². The Bertz CT molecular complexity index is 691. The number of methoxy groups -OCH3 is 1. The van der Waals surface area contributed by atoms with Gasteiger partial charge in [-0.3, -0.25) is 4.79 Å². The maximum Gasteiger partial charge on any atom is 0.342 e. The molecular formula is C17H19ClO5. The standard InChI is InChI=1S/C17H19ClO5/c1-9(5-7-13(18)19)4-6-11-15(20)14-12(8-23-17(14)21)10(2)16(11)22-3/h4,20H,5-8H2,1-3H3/b9-4+/i13+2. The zero-order valence-electron chi connectivity index (χ0n) is 13.4. The first-order valence-electron chi connectivity index (χ1n) is 7.29. The van der Waals surface area contributed by atoms with Crippen LogP contribution in [0, 0.1) is 6.92 Å². The van der Waals surface area contributed by atoms with Gasteiger partial charge in [-0.05, 0) is 43.9 Å². The van der Waals surface area contributed by atoms with E-state index in [1.54, 1.807) is 0 Å². The van der Waals surface area contributed by atoms with E-state index in [1.807, 2.05) is 19.9 Å². The molecule has 0 aromatic heterocycles. The summed E-state index contributed by atoms with van der Waals surface area (Å²) < 4.78 is 10.4. The number of phenolic OH excluding ortho intramolecular Hbond substituents is 1. The number of cyclic esters (lactones) is 1. The first-order chi connectivity index (χ1) is 10.9. The second-order valence-corrected chi connectivity index (χ2v) is 5.95. The maximum absolute atomic E-state index is 11.8. The lowest BCUT2D eigenvalue weighted by atomic mass is 9.95. The monoisotopic (exact) mass is 340 g/mol. The molecule has 0 saturated heterocycles. The van der Waals surface area contributed by atoms with Gasteiger partial charge in [0.2, 0.25) is 5.24 Å². The number of rotatable bonds is 6. The molecule has 1 aliphatic rings. The number of benzene rings is 1. The number of esters is 1. The average Bonchev–Trinajstić information content (AvgIpc) is 2.89. The molecule has 124 valence electrons. The highest BCUT2D eigenvalue weighted by atomic mass is 35.5. The van der Waals surface area contributed by atoms with Gasteiger partial charge in [-0.1, -0.05) is 11.6 Å². The van der Waals surface area contributed by atoms with E-state index in [0.29, 0.717) is 29.7 Å². The number of halogens is 1. The fourth-order valence-corrected chi connectivity index (χ4v) is 2.80. The Morgan fingerprint density at radius 2 is 2.22 bits per heavy atom.